The highest BCUT2D eigenvalue weighted by Gasteiger charge is 2.10. The lowest BCUT2D eigenvalue weighted by molar-refractivity contribution is 0.188. The van der Waals surface area contributed by atoms with E-state index < -0.39 is 6.10 Å². The maximum Gasteiger partial charge on any atom is 0.125 e. The summed E-state index contributed by atoms with van der Waals surface area (Å²) in [5, 5.41) is 9.59. The fraction of sp³-hybridized carbons (Fsp3) is 0.500. The molecule has 1 aromatic rings. The molecule has 0 aliphatic carbocycles. The lowest BCUT2D eigenvalue weighted by Gasteiger charge is -2.15. The zero-order valence-corrected chi connectivity index (χ0v) is 10.9. The van der Waals surface area contributed by atoms with Crippen LogP contribution in [-0.4, -0.2) is 11.7 Å². The van der Waals surface area contributed by atoms with Crippen molar-refractivity contribution in [3.05, 3.63) is 28.2 Å². The molecule has 0 radical (unpaired) electrons. The number of benzene rings is 1. The molecule has 0 saturated carbocycles. The van der Waals surface area contributed by atoms with Crippen LogP contribution < -0.4 is 4.74 Å². The second-order valence-corrected chi connectivity index (χ2v) is 4.98. The number of ether oxygens (including phenoxy) is 1. The van der Waals surface area contributed by atoms with Crippen LogP contribution in [0.15, 0.2) is 22.7 Å². The van der Waals surface area contributed by atoms with Gasteiger partial charge in [0.25, 0.3) is 0 Å². The molecule has 0 saturated heterocycles. The second kappa shape index (κ2) is 5.52. The summed E-state index contributed by atoms with van der Waals surface area (Å²) in [4.78, 5) is 0. The van der Waals surface area contributed by atoms with Gasteiger partial charge in [-0.15, -0.1) is 0 Å². The van der Waals surface area contributed by atoms with Gasteiger partial charge in [0.05, 0.1) is 12.7 Å². The third-order valence-electron chi connectivity index (χ3n) is 1.99. The first-order valence-electron chi connectivity index (χ1n) is 5.11. The minimum Gasteiger partial charge on any atom is -0.493 e. The van der Waals surface area contributed by atoms with Crippen LogP contribution in [0, 0.1) is 5.92 Å². The van der Waals surface area contributed by atoms with Gasteiger partial charge < -0.3 is 9.84 Å². The van der Waals surface area contributed by atoms with Gasteiger partial charge >= 0.3 is 0 Å². The topological polar surface area (TPSA) is 29.5 Å². The van der Waals surface area contributed by atoms with Crippen LogP contribution in [-0.2, 0) is 0 Å². The molecule has 1 unspecified atom stereocenters. The number of aliphatic hydroxyl groups excluding tert-OH is 1. The smallest absolute Gasteiger partial charge is 0.125 e. The average Bonchev–Trinajstić information content (AvgIpc) is 2.15. The Morgan fingerprint density at radius 2 is 2.00 bits per heavy atom. The van der Waals surface area contributed by atoms with E-state index in [1.165, 1.54) is 0 Å². The number of hydrogen-bond acceptors (Lipinski definition) is 2. The largest absolute Gasteiger partial charge is 0.493 e. The molecule has 0 spiro atoms. The zero-order chi connectivity index (χ0) is 11.4. The maximum absolute atomic E-state index is 9.59. The Morgan fingerprint density at radius 1 is 1.33 bits per heavy atom. The monoisotopic (exact) mass is 272 g/mol. The molecular formula is C12H17BrO2. The lowest BCUT2D eigenvalue weighted by Crippen LogP contribution is -2.07. The number of hydrogen-bond donors (Lipinski definition) is 1. The molecule has 84 valence electrons. The van der Waals surface area contributed by atoms with Crippen LogP contribution in [0.4, 0.5) is 0 Å². The third kappa shape index (κ3) is 3.84. The van der Waals surface area contributed by atoms with Gasteiger partial charge in [-0.1, -0.05) is 29.8 Å². The molecule has 1 atom stereocenters. The number of rotatable bonds is 4. The molecule has 1 rings (SSSR count). The van der Waals surface area contributed by atoms with Crippen molar-refractivity contribution in [3.8, 4) is 5.75 Å². The van der Waals surface area contributed by atoms with Gasteiger partial charge in [-0.2, -0.15) is 0 Å². The van der Waals surface area contributed by atoms with Gasteiger partial charge in [-0.05, 0) is 31.0 Å². The molecule has 0 bridgehead atoms. The summed E-state index contributed by atoms with van der Waals surface area (Å²) in [6, 6.07) is 5.69. The molecule has 3 heteroatoms. The molecule has 0 aliphatic rings. The van der Waals surface area contributed by atoms with Crippen molar-refractivity contribution >= 4 is 15.9 Å². The van der Waals surface area contributed by atoms with Crippen molar-refractivity contribution in [2.75, 3.05) is 6.61 Å². The quantitative estimate of drug-likeness (QED) is 0.909. The Bertz CT molecular complexity index is 321. The lowest BCUT2D eigenvalue weighted by atomic mass is 10.1. The standard InChI is InChI=1S/C12H17BrO2/c1-8(2)7-15-12-5-4-10(13)6-11(12)9(3)14/h4-6,8-9,14H,7H2,1-3H3. The van der Waals surface area contributed by atoms with Crippen molar-refractivity contribution in [3.63, 3.8) is 0 Å². The first-order chi connectivity index (χ1) is 7.00. The van der Waals surface area contributed by atoms with E-state index in [4.69, 9.17) is 4.74 Å². The summed E-state index contributed by atoms with van der Waals surface area (Å²) < 4.78 is 6.59. The highest BCUT2D eigenvalue weighted by atomic mass is 79.9. The summed E-state index contributed by atoms with van der Waals surface area (Å²) in [7, 11) is 0. The van der Waals surface area contributed by atoms with Crippen LogP contribution in [0.5, 0.6) is 5.75 Å². The van der Waals surface area contributed by atoms with Crippen LogP contribution in [0.25, 0.3) is 0 Å². The Kier molecular flexibility index (Phi) is 4.61. The van der Waals surface area contributed by atoms with E-state index in [9.17, 15) is 5.11 Å². The zero-order valence-electron chi connectivity index (χ0n) is 9.33. The van der Waals surface area contributed by atoms with Crippen LogP contribution in [0.1, 0.15) is 32.4 Å². The van der Waals surface area contributed by atoms with E-state index in [0.29, 0.717) is 12.5 Å². The molecule has 0 aromatic heterocycles. The molecule has 2 nitrogen and oxygen atoms in total. The molecule has 15 heavy (non-hydrogen) atoms. The summed E-state index contributed by atoms with van der Waals surface area (Å²) in [5.41, 5.74) is 0.824. The van der Waals surface area contributed by atoms with Gasteiger partial charge in [-0.25, -0.2) is 0 Å². The normalized spacial score (nSPS) is 12.9. The van der Waals surface area contributed by atoms with Crippen molar-refractivity contribution < 1.29 is 9.84 Å². The predicted octanol–water partition coefficient (Wildman–Crippen LogP) is 3.54. The molecule has 1 aromatic carbocycles. The van der Waals surface area contributed by atoms with Crippen molar-refractivity contribution in [2.45, 2.75) is 26.9 Å². The molecule has 0 amide bonds. The summed E-state index contributed by atoms with van der Waals surface area (Å²) in [6.07, 6.45) is -0.510. The van der Waals surface area contributed by atoms with Gasteiger partial charge in [-0.3, -0.25) is 0 Å². The van der Waals surface area contributed by atoms with Crippen molar-refractivity contribution in [1.29, 1.82) is 0 Å². The maximum atomic E-state index is 9.59. The van der Waals surface area contributed by atoms with Gasteiger partial charge in [0.15, 0.2) is 0 Å². The summed E-state index contributed by atoms with van der Waals surface area (Å²) in [5.74, 6) is 1.25. The first kappa shape index (κ1) is 12.5. The van der Waals surface area contributed by atoms with E-state index in [1.807, 2.05) is 18.2 Å². The molecule has 0 heterocycles. The Morgan fingerprint density at radius 3 is 2.53 bits per heavy atom. The Hall–Kier alpha value is -0.540. The fourth-order valence-electron chi connectivity index (χ4n) is 1.23. The molecule has 0 aliphatic heterocycles. The van der Waals surface area contributed by atoms with Crippen LogP contribution >= 0.6 is 15.9 Å². The second-order valence-electron chi connectivity index (χ2n) is 4.06. The molecule has 0 fully saturated rings. The van der Waals surface area contributed by atoms with Crippen LogP contribution in [0.2, 0.25) is 0 Å². The highest BCUT2D eigenvalue weighted by molar-refractivity contribution is 9.10. The van der Waals surface area contributed by atoms with Crippen molar-refractivity contribution in [1.82, 2.24) is 0 Å². The van der Waals surface area contributed by atoms with E-state index in [-0.39, 0.29) is 0 Å². The number of halogens is 1. The molecule has 1 N–H and O–H groups in total. The minimum absolute atomic E-state index is 0.482. The van der Waals surface area contributed by atoms with E-state index in [2.05, 4.69) is 29.8 Å². The fourth-order valence-corrected chi connectivity index (χ4v) is 1.61. The Labute approximate surface area is 99.4 Å². The average molecular weight is 273 g/mol. The predicted molar refractivity (Wildman–Crippen MR) is 65.1 cm³/mol. The van der Waals surface area contributed by atoms with E-state index in [0.717, 1.165) is 15.8 Å². The van der Waals surface area contributed by atoms with Crippen molar-refractivity contribution in [2.24, 2.45) is 5.92 Å². The first-order valence-corrected chi connectivity index (χ1v) is 5.90. The highest BCUT2D eigenvalue weighted by Crippen LogP contribution is 2.28. The van der Waals surface area contributed by atoms with Crippen LogP contribution in [0.3, 0.4) is 0 Å². The Balaban J connectivity index is 2.86. The number of aliphatic hydroxyl groups is 1. The third-order valence-corrected chi connectivity index (χ3v) is 2.49. The van der Waals surface area contributed by atoms with Gasteiger partial charge in [0.2, 0.25) is 0 Å². The molecular weight excluding hydrogens is 256 g/mol. The SMILES string of the molecule is CC(C)COc1ccc(Br)cc1C(C)O. The summed E-state index contributed by atoms with van der Waals surface area (Å²) in [6.45, 7) is 6.60. The van der Waals surface area contributed by atoms with E-state index >= 15 is 0 Å². The summed E-state index contributed by atoms with van der Waals surface area (Å²) >= 11 is 3.38. The van der Waals surface area contributed by atoms with Gasteiger partial charge in [0.1, 0.15) is 5.75 Å². The minimum atomic E-state index is -0.510. The van der Waals surface area contributed by atoms with Gasteiger partial charge in [0, 0.05) is 10.0 Å². The van der Waals surface area contributed by atoms with E-state index in [1.54, 1.807) is 6.92 Å².